The molecule has 0 saturated carbocycles. The number of rotatable bonds is 5. The van der Waals surface area contributed by atoms with Crippen LogP contribution in [0.3, 0.4) is 0 Å². The maximum absolute atomic E-state index is 8.90. The summed E-state index contributed by atoms with van der Waals surface area (Å²) in [7, 11) is 0. The first-order chi connectivity index (χ1) is 7.17. The van der Waals surface area contributed by atoms with Gasteiger partial charge in [-0.05, 0) is 19.1 Å². The molecule has 0 saturated heterocycles. The molecule has 0 aliphatic carbocycles. The Kier molecular flexibility index (Phi) is 5.01. The van der Waals surface area contributed by atoms with E-state index in [0.29, 0.717) is 13.1 Å². The SMILES string of the molecule is Cc1cc(Br)cc(N(CCO)CCO)n1. The van der Waals surface area contributed by atoms with Crippen LogP contribution in [0.2, 0.25) is 0 Å². The molecule has 4 nitrogen and oxygen atoms in total. The fourth-order valence-corrected chi connectivity index (χ4v) is 1.89. The summed E-state index contributed by atoms with van der Waals surface area (Å²) in [5, 5.41) is 17.8. The Hall–Kier alpha value is -0.650. The molecule has 84 valence electrons. The first kappa shape index (κ1) is 12.4. The molecule has 1 aromatic rings. The van der Waals surface area contributed by atoms with Crippen molar-refractivity contribution >= 4 is 21.7 Å². The lowest BCUT2D eigenvalue weighted by Gasteiger charge is -2.22. The quantitative estimate of drug-likeness (QED) is 0.840. The van der Waals surface area contributed by atoms with Crippen LogP contribution in [0.5, 0.6) is 0 Å². The van der Waals surface area contributed by atoms with Crippen molar-refractivity contribution < 1.29 is 10.2 Å². The van der Waals surface area contributed by atoms with Crippen LogP contribution in [0.1, 0.15) is 5.69 Å². The number of pyridine rings is 1. The molecule has 0 aliphatic heterocycles. The molecule has 0 spiro atoms. The first-order valence-electron chi connectivity index (χ1n) is 4.78. The smallest absolute Gasteiger partial charge is 0.130 e. The van der Waals surface area contributed by atoms with Crippen LogP contribution in [0.15, 0.2) is 16.6 Å². The minimum Gasteiger partial charge on any atom is -0.395 e. The van der Waals surface area contributed by atoms with Gasteiger partial charge in [0.15, 0.2) is 0 Å². The predicted molar refractivity (Wildman–Crippen MR) is 63.1 cm³/mol. The van der Waals surface area contributed by atoms with Crippen molar-refractivity contribution in [1.82, 2.24) is 4.98 Å². The number of aliphatic hydroxyl groups is 2. The summed E-state index contributed by atoms with van der Waals surface area (Å²) in [6, 6.07) is 3.79. The Morgan fingerprint density at radius 1 is 1.27 bits per heavy atom. The van der Waals surface area contributed by atoms with E-state index in [2.05, 4.69) is 20.9 Å². The van der Waals surface area contributed by atoms with Gasteiger partial charge in [0.2, 0.25) is 0 Å². The molecule has 1 rings (SSSR count). The molecule has 0 unspecified atom stereocenters. The van der Waals surface area contributed by atoms with Crippen molar-refractivity contribution in [2.75, 3.05) is 31.2 Å². The van der Waals surface area contributed by atoms with Crippen molar-refractivity contribution in [2.45, 2.75) is 6.92 Å². The van der Waals surface area contributed by atoms with Crippen molar-refractivity contribution in [3.8, 4) is 0 Å². The maximum atomic E-state index is 8.90. The molecule has 0 aromatic carbocycles. The van der Waals surface area contributed by atoms with Gasteiger partial charge in [0, 0.05) is 23.3 Å². The molecule has 1 aromatic heterocycles. The van der Waals surface area contributed by atoms with Gasteiger partial charge in [-0.2, -0.15) is 0 Å². The van der Waals surface area contributed by atoms with Gasteiger partial charge in [-0.1, -0.05) is 15.9 Å². The van der Waals surface area contributed by atoms with Crippen molar-refractivity contribution in [3.05, 3.63) is 22.3 Å². The van der Waals surface area contributed by atoms with Gasteiger partial charge in [-0.15, -0.1) is 0 Å². The highest BCUT2D eigenvalue weighted by atomic mass is 79.9. The summed E-state index contributed by atoms with van der Waals surface area (Å²) in [6.45, 7) is 2.96. The zero-order valence-electron chi connectivity index (χ0n) is 8.65. The zero-order chi connectivity index (χ0) is 11.3. The zero-order valence-corrected chi connectivity index (χ0v) is 10.2. The molecule has 0 amide bonds. The molecule has 0 aliphatic rings. The lowest BCUT2D eigenvalue weighted by molar-refractivity contribution is 0.280. The fourth-order valence-electron chi connectivity index (χ4n) is 1.35. The molecule has 1 heterocycles. The predicted octanol–water partition coefficient (Wildman–Crippen LogP) is 0.944. The largest absolute Gasteiger partial charge is 0.395 e. The Morgan fingerprint density at radius 3 is 2.33 bits per heavy atom. The molecule has 15 heavy (non-hydrogen) atoms. The minimum atomic E-state index is 0.0489. The summed E-state index contributed by atoms with van der Waals surface area (Å²) in [4.78, 5) is 6.19. The summed E-state index contributed by atoms with van der Waals surface area (Å²) >= 11 is 3.39. The summed E-state index contributed by atoms with van der Waals surface area (Å²) in [5.41, 5.74) is 0.903. The van der Waals surface area contributed by atoms with Gasteiger partial charge >= 0.3 is 0 Å². The van der Waals surface area contributed by atoms with Crippen molar-refractivity contribution in [2.24, 2.45) is 0 Å². The van der Waals surface area contributed by atoms with Gasteiger partial charge in [-0.3, -0.25) is 0 Å². The van der Waals surface area contributed by atoms with Crippen LogP contribution in [0.25, 0.3) is 0 Å². The normalized spacial score (nSPS) is 10.4. The fraction of sp³-hybridized carbons (Fsp3) is 0.500. The maximum Gasteiger partial charge on any atom is 0.130 e. The summed E-state index contributed by atoms with van der Waals surface area (Å²) in [5.74, 6) is 0.768. The number of anilines is 1. The number of aryl methyl sites for hydroxylation is 1. The second kappa shape index (κ2) is 6.05. The molecule has 5 heteroatoms. The van der Waals surface area contributed by atoms with Gasteiger partial charge < -0.3 is 15.1 Å². The van der Waals surface area contributed by atoms with E-state index in [1.807, 2.05) is 24.0 Å². The second-order valence-electron chi connectivity index (χ2n) is 3.22. The molecule has 0 atom stereocenters. The van der Waals surface area contributed by atoms with E-state index in [1.54, 1.807) is 0 Å². The number of aliphatic hydroxyl groups excluding tert-OH is 2. The van der Waals surface area contributed by atoms with Crippen LogP contribution < -0.4 is 4.90 Å². The Morgan fingerprint density at radius 2 is 1.87 bits per heavy atom. The average Bonchev–Trinajstić information content (AvgIpc) is 2.16. The van der Waals surface area contributed by atoms with Crippen LogP contribution in [-0.2, 0) is 0 Å². The van der Waals surface area contributed by atoms with E-state index in [9.17, 15) is 0 Å². The molecule has 2 N–H and O–H groups in total. The number of halogens is 1. The summed E-state index contributed by atoms with van der Waals surface area (Å²) in [6.07, 6.45) is 0. The Balaban J connectivity index is 2.88. The number of hydrogen-bond donors (Lipinski definition) is 2. The van der Waals surface area contributed by atoms with E-state index in [-0.39, 0.29) is 13.2 Å². The lowest BCUT2D eigenvalue weighted by Crippen LogP contribution is -2.30. The van der Waals surface area contributed by atoms with Gasteiger partial charge in [0.1, 0.15) is 5.82 Å². The van der Waals surface area contributed by atoms with Crippen molar-refractivity contribution in [3.63, 3.8) is 0 Å². The minimum absolute atomic E-state index is 0.0489. The molecular weight excluding hydrogens is 260 g/mol. The highest BCUT2D eigenvalue weighted by Crippen LogP contribution is 2.18. The van der Waals surface area contributed by atoms with Crippen LogP contribution in [0.4, 0.5) is 5.82 Å². The third-order valence-electron chi connectivity index (χ3n) is 1.97. The van der Waals surface area contributed by atoms with Crippen LogP contribution in [-0.4, -0.2) is 41.5 Å². The Labute approximate surface area is 97.7 Å². The van der Waals surface area contributed by atoms with E-state index in [1.165, 1.54) is 0 Å². The van der Waals surface area contributed by atoms with Gasteiger partial charge in [0.05, 0.1) is 13.2 Å². The average molecular weight is 275 g/mol. The van der Waals surface area contributed by atoms with Crippen LogP contribution >= 0.6 is 15.9 Å². The van der Waals surface area contributed by atoms with E-state index in [0.717, 1.165) is 16.0 Å². The third-order valence-corrected chi connectivity index (χ3v) is 2.43. The lowest BCUT2D eigenvalue weighted by atomic mass is 10.3. The van der Waals surface area contributed by atoms with Crippen molar-refractivity contribution in [1.29, 1.82) is 0 Å². The van der Waals surface area contributed by atoms with E-state index >= 15 is 0 Å². The number of hydrogen-bond acceptors (Lipinski definition) is 4. The first-order valence-corrected chi connectivity index (χ1v) is 5.57. The summed E-state index contributed by atoms with van der Waals surface area (Å²) < 4.78 is 0.950. The molecule has 0 fully saturated rings. The third kappa shape index (κ3) is 3.77. The monoisotopic (exact) mass is 274 g/mol. The van der Waals surface area contributed by atoms with Crippen LogP contribution in [0, 0.1) is 6.92 Å². The van der Waals surface area contributed by atoms with E-state index in [4.69, 9.17) is 10.2 Å². The standard InChI is InChI=1S/C10H15BrN2O2/c1-8-6-9(11)7-10(12-8)13(2-4-14)3-5-15/h6-7,14-15H,2-5H2,1H3. The molecular formula is C10H15BrN2O2. The van der Waals surface area contributed by atoms with E-state index < -0.39 is 0 Å². The highest BCUT2D eigenvalue weighted by Gasteiger charge is 2.07. The second-order valence-corrected chi connectivity index (χ2v) is 4.13. The molecule has 0 radical (unpaired) electrons. The highest BCUT2D eigenvalue weighted by molar-refractivity contribution is 9.10. The van der Waals surface area contributed by atoms with Gasteiger partial charge in [0.25, 0.3) is 0 Å². The number of aromatic nitrogens is 1. The molecule has 0 bridgehead atoms. The number of nitrogens with zero attached hydrogens (tertiary/aromatic N) is 2. The Bertz CT molecular complexity index is 294. The van der Waals surface area contributed by atoms with Gasteiger partial charge in [-0.25, -0.2) is 4.98 Å². The topological polar surface area (TPSA) is 56.6 Å².